The molecule has 0 amide bonds. The Kier molecular flexibility index (Phi) is 26.6. The SMILES string of the molecule is C=CCCC.[CH2-]CC(C)CCC.[Rh]. The van der Waals surface area contributed by atoms with Gasteiger partial charge in [0, 0.05) is 19.5 Å². The summed E-state index contributed by atoms with van der Waals surface area (Å²) in [6.07, 6.45) is 8.04. The van der Waals surface area contributed by atoms with Gasteiger partial charge >= 0.3 is 0 Å². The fourth-order valence-corrected chi connectivity index (χ4v) is 0.841. The molecular formula is C12H25Rh-. The van der Waals surface area contributed by atoms with Crippen LogP contribution in [0.1, 0.15) is 52.9 Å². The summed E-state index contributed by atoms with van der Waals surface area (Å²) in [4.78, 5) is 0. The second kappa shape index (κ2) is 18.2. The first kappa shape index (κ1) is 19.0. The molecule has 13 heavy (non-hydrogen) atoms. The second-order valence-electron chi connectivity index (χ2n) is 3.26. The third-order valence-corrected chi connectivity index (χ3v) is 1.77. The molecule has 0 spiro atoms. The van der Waals surface area contributed by atoms with Crippen molar-refractivity contribution in [3.63, 3.8) is 0 Å². The molecule has 0 saturated heterocycles. The van der Waals surface area contributed by atoms with E-state index < -0.39 is 0 Å². The van der Waals surface area contributed by atoms with Crippen molar-refractivity contribution in [3.8, 4) is 0 Å². The largest absolute Gasteiger partial charge is 0.343 e. The second-order valence-corrected chi connectivity index (χ2v) is 3.26. The Morgan fingerprint density at radius 1 is 1.31 bits per heavy atom. The van der Waals surface area contributed by atoms with Crippen molar-refractivity contribution in [2.24, 2.45) is 5.92 Å². The van der Waals surface area contributed by atoms with Gasteiger partial charge in [-0.05, 0) is 6.42 Å². The van der Waals surface area contributed by atoms with E-state index in [1.807, 2.05) is 6.08 Å². The summed E-state index contributed by atoms with van der Waals surface area (Å²) >= 11 is 0. The van der Waals surface area contributed by atoms with Gasteiger partial charge in [-0.3, -0.25) is 0 Å². The first-order chi connectivity index (χ1) is 5.72. The van der Waals surface area contributed by atoms with Crippen molar-refractivity contribution in [1.82, 2.24) is 0 Å². The molecular weight excluding hydrogens is 247 g/mol. The monoisotopic (exact) mass is 272 g/mol. The van der Waals surface area contributed by atoms with Crippen LogP contribution in [-0.2, 0) is 19.5 Å². The van der Waals surface area contributed by atoms with Crippen LogP contribution in [0.5, 0.6) is 0 Å². The molecule has 1 unspecified atom stereocenters. The minimum Gasteiger partial charge on any atom is -0.343 e. The van der Waals surface area contributed by atoms with Gasteiger partial charge in [-0.25, -0.2) is 0 Å². The molecule has 0 aliphatic rings. The third-order valence-electron chi connectivity index (χ3n) is 1.77. The molecule has 0 heterocycles. The number of unbranched alkanes of at least 4 members (excludes halogenated alkanes) is 1. The summed E-state index contributed by atoms with van der Waals surface area (Å²) in [7, 11) is 0. The van der Waals surface area contributed by atoms with Gasteiger partial charge in [0.15, 0.2) is 0 Å². The van der Waals surface area contributed by atoms with Gasteiger partial charge in [0.1, 0.15) is 0 Å². The quantitative estimate of drug-likeness (QED) is 0.389. The van der Waals surface area contributed by atoms with Crippen LogP contribution in [0.2, 0.25) is 0 Å². The molecule has 0 aliphatic heterocycles. The summed E-state index contributed by atoms with van der Waals surface area (Å²) in [5.41, 5.74) is 0. The average molecular weight is 272 g/mol. The summed E-state index contributed by atoms with van der Waals surface area (Å²) in [6.45, 7) is 14.0. The van der Waals surface area contributed by atoms with Gasteiger partial charge in [-0.1, -0.05) is 52.0 Å². The molecule has 0 fully saturated rings. The zero-order chi connectivity index (χ0) is 9.82. The van der Waals surface area contributed by atoms with Crippen molar-refractivity contribution in [3.05, 3.63) is 19.6 Å². The molecule has 0 aromatic rings. The predicted octanol–water partition coefficient (Wildman–Crippen LogP) is 4.62. The van der Waals surface area contributed by atoms with Gasteiger partial charge in [0.2, 0.25) is 0 Å². The molecule has 0 aromatic heterocycles. The molecule has 0 aliphatic carbocycles. The number of hydrogen-bond donors (Lipinski definition) is 0. The van der Waals surface area contributed by atoms with E-state index in [0.717, 1.165) is 18.8 Å². The van der Waals surface area contributed by atoms with Crippen molar-refractivity contribution in [2.75, 3.05) is 0 Å². The van der Waals surface area contributed by atoms with E-state index in [1.54, 1.807) is 0 Å². The summed E-state index contributed by atoms with van der Waals surface area (Å²) in [6, 6.07) is 0. The summed E-state index contributed by atoms with van der Waals surface area (Å²) in [5, 5.41) is 0. The molecule has 83 valence electrons. The van der Waals surface area contributed by atoms with Crippen LogP contribution in [0.25, 0.3) is 0 Å². The molecule has 1 atom stereocenters. The van der Waals surface area contributed by atoms with Crippen molar-refractivity contribution in [2.45, 2.75) is 52.9 Å². The van der Waals surface area contributed by atoms with E-state index in [2.05, 4.69) is 34.3 Å². The zero-order valence-electron chi connectivity index (χ0n) is 9.44. The van der Waals surface area contributed by atoms with E-state index in [4.69, 9.17) is 0 Å². The van der Waals surface area contributed by atoms with Crippen LogP contribution >= 0.6 is 0 Å². The maximum atomic E-state index is 3.80. The Bertz CT molecular complexity index is 79.2. The van der Waals surface area contributed by atoms with Gasteiger partial charge in [0.05, 0.1) is 0 Å². The molecule has 1 heteroatoms. The summed E-state index contributed by atoms with van der Waals surface area (Å²) in [5.74, 6) is 0.838. The van der Waals surface area contributed by atoms with Crippen molar-refractivity contribution < 1.29 is 19.5 Å². The van der Waals surface area contributed by atoms with Crippen LogP contribution in [-0.4, -0.2) is 0 Å². The Labute approximate surface area is 98.0 Å². The zero-order valence-corrected chi connectivity index (χ0v) is 11.1. The maximum absolute atomic E-state index is 3.80. The van der Waals surface area contributed by atoms with Gasteiger partial charge < -0.3 is 6.92 Å². The standard InChI is InChI=1S/C7H15.C5H10.Rh/c1-4-6-7(3)5-2;1-3-5-4-2;/h7H,2,4-6H2,1,3H3;3H,1,4-5H2,2H3;/q-1;;. The van der Waals surface area contributed by atoms with Crippen LogP contribution in [0.3, 0.4) is 0 Å². The topological polar surface area (TPSA) is 0 Å². The van der Waals surface area contributed by atoms with Gasteiger partial charge in [0.25, 0.3) is 0 Å². The first-order valence-corrected chi connectivity index (χ1v) is 5.12. The molecule has 0 N–H and O–H groups in total. The number of allylic oxidation sites excluding steroid dienone is 1. The van der Waals surface area contributed by atoms with E-state index >= 15 is 0 Å². The Morgan fingerprint density at radius 3 is 1.92 bits per heavy atom. The van der Waals surface area contributed by atoms with Crippen LogP contribution in [0, 0.1) is 12.8 Å². The molecule has 0 aromatic carbocycles. The molecule has 0 nitrogen and oxygen atoms in total. The third kappa shape index (κ3) is 24.5. The first-order valence-electron chi connectivity index (χ1n) is 5.12. The van der Waals surface area contributed by atoms with E-state index in [-0.39, 0.29) is 19.5 Å². The minimum atomic E-state index is 0. The number of hydrogen-bond acceptors (Lipinski definition) is 0. The fraction of sp³-hybridized carbons (Fsp3) is 0.750. The maximum Gasteiger partial charge on any atom is 0 e. The Morgan fingerprint density at radius 2 is 1.85 bits per heavy atom. The van der Waals surface area contributed by atoms with Crippen LogP contribution in [0.15, 0.2) is 12.7 Å². The molecule has 0 rings (SSSR count). The molecule has 0 bridgehead atoms. The van der Waals surface area contributed by atoms with Crippen LogP contribution in [0.4, 0.5) is 0 Å². The van der Waals surface area contributed by atoms with Crippen molar-refractivity contribution >= 4 is 0 Å². The van der Waals surface area contributed by atoms with Crippen LogP contribution < -0.4 is 0 Å². The van der Waals surface area contributed by atoms with Crippen molar-refractivity contribution in [1.29, 1.82) is 0 Å². The van der Waals surface area contributed by atoms with E-state index in [9.17, 15) is 0 Å². The Balaban J connectivity index is -0.000000150. The van der Waals surface area contributed by atoms with E-state index in [1.165, 1.54) is 19.3 Å². The van der Waals surface area contributed by atoms with Gasteiger partial charge in [-0.15, -0.1) is 6.58 Å². The fourth-order valence-electron chi connectivity index (χ4n) is 0.841. The predicted molar refractivity (Wildman–Crippen MR) is 59.2 cm³/mol. The molecule has 0 saturated carbocycles. The molecule has 1 radical (unpaired) electrons. The average Bonchev–Trinajstić information content (AvgIpc) is 2.07. The van der Waals surface area contributed by atoms with Gasteiger partial charge in [-0.2, -0.15) is 6.42 Å². The summed E-state index contributed by atoms with van der Waals surface area (Å²) < 4.78 is 0. The smallest absolute Gasteiger partial charge is 0 e. The van der Waals surface area contributed by atoms with E-state index in [0.29, 0.717) is 0 Å². The minimum absolute atomic E-state index is 0. The Hall–Kier alpha value is 0.363. The number of rotatable bonds is 5. The normalized spacial score (nSPS) is 10.5.